The number of rotatable bonds is 2. The smallest absolute Gasteiger partial charge is 0.174 e. The summed E-state index contributed by atoms with van der Waals surface area (Å²) in [7, 11) is 0. The van der Waals surface area contributed by atoms with E-state index in [-0.39, 0.29) is 18.0 Å². The van der Waals surface area contributed by atoms with E-state index in [1.165, 1.54) is 18.2 Å². The number of imidazole rings is 1. The van der Waals surface area contributed by atoms with Gasteiger partial charge < -0.3 is 5.73 Å². The van der Waals surface area contributed by atoms with Crippen molar-refractivity contribution in [2.45, 2.75) is 6.54 Å². The van der Waals surface area contributed by atoms with E-state index in [9.17, 15) is 8.78 Å². The van der Waals surface area contributed by atoms with Crippen LogP contribution in [-0.4, -0.2) is 9.38 Å². The predicted octanol–water partition coefficient (Wildman–Crippen LogP) is 2.74. The third-order valence-corrected chi connectivity index (χ3v) is 3.01. The molecular formula is C14H11F2N3. The molecule has 2 aromatic heterocycles. The van der Waals surface area contributed by atoms with Crippen LogP contribution in [0.15, 0.2) is 42.6 Å². The van der Waals surface area contributed by atoms with Crippen LogP contribution in [0.25, 0.3) is 16.9 Å². The van der Waals surface area contributed by atoms with Gasteiger partial charge in [0, 0.05) is 18.3 Å². The Morgan fingerprint density at radius 1 is 1.11 bits per heavy atom. The van der Waals surface area contributed by atoms with Crippen LogP contribution in [0, 0.1) is 11.6 Å². The van der Waals surface area contributed by atoms with Crippen molar-refractivity contribution in [2.75, 3.05) is 0 Å². The molecule has 0 saturated heterocycles. The minimum absolute atomic E-state index is 0.220. The fourth-order valence-corrected chi connectivity index (χ4v) is 2.12. The molecule has 0 aliphatic carbocycles. The maximum absolute atomic E-state index is 13.7. The first-order valence-corrected chi connectivity index (χ1v) is 5.82. The zero-order chi connectivity index (χ0) is 13.4. The van der Waals surface area contributed by atoms with Gasteiger partial charge in [0.2, 0.25) is 0 Å². The Balaban J connectivity index is 2.29. The van der Waals surface area contributed by atoms with Crippen LogP contribution in [0.2, 0.25) is 0 Å². The Morgan fingerprint density at radius 3 is 2.53 bits per heavy atom. The van der Waals surface area contributed by atoms with E-state index in [2.05, 4.69) is 4.98 Å². The molecule has 0 saturated carbocycles. The molecule has 0 amide bonds. The summed E-state index contributed by atoms with van der Waals surface area (Å²) in [6.45, 7) is 0.220. The highest BCUT2D eigenvalue weighted by molar-refractivity contribution is 5.66. The summed E-state index contributed by atoms with van der Waals surface area (Å²) in [6.07, 6.45) is 1.71. The molecular weight excluding hydrogens is 248 g/mol. The molecule has 2 N–H and O–H groups in total. The number of nitrogens with two attached hydrogens (primary N) is 1. The minimum Gasteiger partial charge on any atom is -0.325 e. The van der Waals surface area contributed by atoms with Gasteiger partial charge in [-0.15, -0.1) is 0 Å². The van der Waals surface area contributed by atoms with E-state index in [0.29, 0.717) is 17.0 Å². The number of aromatic nitrogens is 2. The number of hydrogen-bond acceptors (Lipinski definition) is 2. The van der Waals surface area contributed by atoms with Gasteiger partial charge in [-0.2, -0.15) is 0 Å². The standard InChI is InChI=1S/C14H11F2N3/c15-10-5-3-9(4-6-10)13-12(8-17)19-7-1-2-11(16)14(19)18-13/h1-7H,8,17H2. The number of halogens is 2. The van der Waals surface area contributed by atoms with Gasteiger partial charge in [-0.25, -0.2) is 13.8 Å². The highest BCUT2D eigenvalue weighted by Gasteiger charge is 2.14. The van der Waals surface area contributed by atoms with Crippen molar-refractivity contribution in [3.05, 3.63) is 59.9 Å². The highest BCUT2D eigenvalue weighted by Crippen LogP contribution is 2.25. The molecule has 5 heteroatoms. The Labute approximate surface area is 108 Å². The van der Waals surface area contributed by atoms with Crippen molar-refractivity contribution in [2.24, 2.45) is 5.73 Å². The molecule has 0 radical (unpaired) electrons. The number of fused-ring (bicyclic) bond motifs is 1. The first-order chi connectivity index (χ1) is 9.20. The second-order valence-corrected chi connectivity index (χ2v) is 4.17. The van der Waals surface area contributed by atoms with Crippen LogP contribution in [0.1, 0.15) is 5.69 Å². The molecule has 3 rings (SSSR count). The summed E-state index contributed by atoms with van der Waals surface area (Å²) in [5.74, 6) is -0.737. The van der Waals surface area contributed by atoms with E-state index in [0.717, 1.165) is 0 Å². The molecule has 0 fully saturated rings. The van der Waals surface area contributed by atoms with E-state index < -0.39 is 5.82 Å². The molecule has 0 spiro atoms. The summed E-state index contributed by atoms with van der Waals surface area (Å²) in [4.78, 5) is 4.27. The maximum Gasteiger partial charge on any atom is 0.174 e. The van der Waals surface area contributed by atoms with Crippen LogP contribution in [0.4, 0.5) is 8.78 Å². The van der Waals surface area contributed by atoms with Crippen molar-refractivity contribution in [1.29, 1.82) is 0 Å². The van der Waals surface area contributed by atoms with E-state index in [1.807, 2.05) is 0 Å². The number of nitrogens with zero attached hydrogens (tertiary/aromatic N) is 2. The van der Waals surface area contributed by atoms with Gasteiger partial charge in [0.15, 0.2) is 11.5 Å². The van der Waals surface area contributed by atoms with Gasteiger partial charge >= 0.3 is 0 Å². The van der Waals surface area contributed by atoms with Crippen LogP contribution in [0.5, 0.6) is 0 Å². The zero-order valence-electron chi connectivity index (χ0n) is 9.98. The molecule has 0 aliphatic heterocycles. The fraction of sp³-hybridized carbons (Fsp3) is 0.0714. The lowest BCUT2D eigenvalue weighted by molar-refractivity contribution is 0.628. The van der Waals surface area contributed by atoms with Gasteiger partial charge in [-0.1, -0.05) is 0 Å². The normalized spacial score (nSPS) is 11.1. The monoisotopic (exact) mass is 259 g/mol. The number of benzene rings is 1. The third-order valence-electron chi connectivity index (χ3n) is 3.01. The van der Waals surface area contributed by atoms with Gasteiger partial charge in [0.05, 0.1) is 11.4 Å². The summed E-state index contributed by atoms with van der Waals surface area (Å²) < 4.78 is 28.3. The lowest BCUT2D eigenvalue weighted by atomic mass is 10.1. The molecule has 2 heterocycles. The van der Waals surface area contributed by atoms with Gasteiger partial charge in [0.25, 0.3) is 0 Å². The average molecular weight is 259 g/mol. The molecule has 0 unspecified atom stereocenters. The Hall–Kier alpha value is -2.27. The van der Waals surface area contributed by atoms with Gasteiger partial charge in [-0.05, 0) is 36.4 Å². The molecule has 0 atom stereocenters. The second kappa shape index (κ2) is 4.44. The Kier molecular flexibility index (Phi) is 2.76. The SMILES string of the molecule is NCc1c(-c2ccc(F)cc2)nc2c(F)cccn12. The van der Waals surface area contributed by atoms with Crippen LogP contribution in [-0.2, 0) is 6.54 Å². The van der Waals surface area contributed by atoms with Crippen LogP contribution < -0.4 is 5.73 Å². The van der Waals surface area contributed by atoms with Crippen molar-refractivity contribution in [1.82, 2.24) is 9.38 Å². The maximum atomic E-state index is 13.7. The Morgan fingerprint density at radius 2 is 1.84 bits per heavy atom. The molecule has 3 nitrogen and oxygen atoms in total. The largest absolute Gasteiger partial charge is 0.325 e. The molecule has 1 aromatic carbocycles. The fourth-order valence-electron chi connectivity index (χ4n) is 2.12. The quantitative estimate of drug-likeness (QED) is 0.769. The topological polar surface area (TPSA) is 43.3 Å². The van der Waals surface area contributed by atoms with Crippen molar-refractivity contribution in [3.8, 4) is 11.3 Å². The Bertz CT molecular complexity index is 732. The molecule has 96 valence electrons. The summed E-state index contributed by atoms with van der Waals surface area (Å²) in [6, 6.07) is 8.84. The van der Waals surface area contributed by atoms with Crippen molar-refractivity contribution >= 4 is 5.65 Å². The van der Waals surface area contributed by atoms with E-state index >= 15 is 0 Å². The summed E-state index contributed by atoms with van der Waals surface area (Å²) in [5.41, 5.74) is 7.93. The van der Waals surface area contributed by atoms with Crippen LogP contribution in [0.3, 0.4) is 0 Å². The molecule has 0 bridgehead atoms. The summed E-state index contributed by atoms with van der Waals surface area (Å²) >= 11 is 0. The lowest BCUT2D eigenvalue weighted by Gasteiger charge is -2.02. The first-order valence-electron chi connectivity index (χ1n) is 5.82. The number of hydrogen-bond donors (Lipinski definition) is 1. The predicted molar refractivity (Wildman–Crippen MR) is 68.4 cm³/mol. The van der Waals surface area contributed by atoms with E-state index in [1.54, 1.807) is 28.8 Å². The van der Waals surface area contributed by atoms with Gasteiger partial charge in [-0.3, -0.25) is 4.40 Å². The van der Waals surface area contributed by atoms with Crippen LogP contribution >= 0.6 is 0 Å². The average Bonchev–Trinajstić information content (AvgIpc) is 2.79. The van der Waals surface area contributed by atoms with Crippen molar-refractivity contribution in [3.63, 3.8) is 0 Å². The third kappa shape index (κ3) is 1.88. The number of pyridine rings is 1. The molecule has 3 aromatic rings. The highest BCUT2D eigenvalue weighted by atomic mass is 19.1. The lowest BCUT2D eigenvalue weighted by Crippen LogP contribution is -2.02. The van der Waals surface area contributed by atoms with E-state index in [4.69, 9.17) is 5.73 Å². The molecule has 0 aliphatic rings. The molecule has 19 heavy (non-hydrogen) atoms. The first kappa shape index (κ1) is 11.8. The summed E-state index contributed by atoms with van der Waals surface area (Å²) in [5, 5.41) is 0. The zero-order valence-corrected chi connectivity index (χ0v) is 9.98. The van der Waals surface area contributed by atoms with Gasteiger partial charge in [0.1, 0.15) is 5.82 Å². The minimum atomic E-state index is -0.412. The second-order valence-electron chi connectivity index (χ2n) is 4.17. The van der Waals surface area contributed by atoms with Crippen molar-refractivity contribution < 1.29 is 8.78 Å².